The molecule has 0 aliphatic rings. The second-order valence-electron chi connectivity index (χ2n) is 3.71. The molecule has 0 aliphatic carbocycles. The van der Waals surface area contributed by atoms with E-state index in [0.717, 1.165) is 25.2 Å². The number of nitrogens with one attached hydrogen (secondary N) is 1. The van der Waals surface area contributed by atoms with E-state index in [4.69, 9.17) is 23.2 Å². The summed E-state index contributed by atoms with van der Waals surface area (Å²) < 4.78 is 1.98. The monoisotopic (exact) mass is 407 g/mol. The van der Waals surface area contributed by atoms with Gasteiger partial charge in [0.25, 0.3) is 0 Å². The highest BCUT2D eigenvalue weighted by molar-refractivity contribution is 9.10. The molecule has 0 radical (unpaired) electrons. The Balaban J connectivity index is 2.16. The van der Waals surface area contributed by atoms with Gasteiger partial charge in [-0.25, -0.2) is 0 Å². The lowest BCUT2D eigenvalue weighted by atomic mass is 10.2. The lowest BCUT2D eigenvalue weighted by Gasteiger charge is -2.10. The van der Waals surface area contributed by atoms with E-state index in [2.05, 4.69) is 37.2 Å². The van der Waals surface area contributed by atoms with Crippen molar-refractivity contribution < 1.29 is 0 Å². The second-order valence-corrected chi connectivity index (χ2v) is 6.33. The van der Waals surface area contributed by atoms with Gasteiger partial charge in [-0.05, 0) is 57.9 Å². The first-order valence-corrected chi connectivity index (χ1v) is 7.53. The van der Waals surface area contributed by atoms with Crippen LogP contribution in [0.15, 0.2) is 45.3 Å². The molecule has 2 aromatic carbocycles. The van der Waals surface area contributed by atoms with Gasteiger partial charge in [0.15, 0.2) is 0 Å². The van der Waals surface area contributed by atoms with Crippen LogP contribution in [0.5, 0.6) is 0 Å². The largest absolute Gasteiger partial charge is 0.380 e. The summed E-state index contributed by atoms with van der Waals surface area (Å²) in [4.78, 5) is 0. The van der Waals surface area contributed by atoms with Crippen LogP contribution in [-0.4, -0.2) is 0 Å². The quantitative estimate of drug-likeness (QED) is 0.642. The zero-order valence-electron chi connectivity index (χ0n) is 9.18. The molecule has 0 aliphatic heterocycles. The minimum Gasteiger partial charge on any atom is -0.380 e. The molecule has 1 nitrogen and oxygen atoms in total. The number of rotatable bonds is 3. The average Bonchev–Trinajstić information content (AvgIpc) is 2.34. The van der Waals surface area contributed by atoms with E-state index in [1.54, 1.807) is 0 Å². The Morgan fingerprint density at radius 3 is 2.56 bits per heavy atom. The van der Waals surface area contributed by atoms with Crippen molar-refractivity contribution in [2.24, 2.45) is 0 Å². The molecule has 2 rings (SSSR count). The van der Waals surface area contributed by atoms with Crippen LogP contribution in [0.2, 0.25) is 10.0 Å². The van der Waals surface area contributed by atoms with Crippen molar-refractivity contribution in [2.75, 3.05) is 5.32 Å². The smallest absolute Gasteiger partial charge is 0.0502 e. The van der Waals surface area contributed by atoms with Gasteiger partial charge in [-0.15, -0.1) is 0 Å². The van der Waals surface area contributed by atoms with Gasteiger partial charge in [-0.1, -0.05) is 39.1 Å². The van der Waals surface area contributed by atoms with Crippen LogP contribution in [0.25, 0.3) is 0 Å². The maximum Gasteiger partial charge on any atom is 0.0502 e. The highest BCUT2D eigenvalue weighted by Crippen LogP contribution is 2.27. The molecule has 1 N–H and O–H groups in total. The van der Waals surface area contributed by atoms with Crippen molar-refractivity contribution in [1.29, 1.82) is 0 Å². The van der Waals surface area contributed by atoms with Gasteiger partial charge >= 0.3 is 0 Å². The summed E-state index contributed by atoms with van der Waals surface area (Å²) in [5.74, 6) is 0. The summed E-state index contributed by atoms with van der Waals surface area (Å²) in [6.45, 7) is 0.636. The van der Waals surface area contributed by atoms with E-state index < -0.39 is 0 Å². The summed E-state index contributed by atoms with van der Waals surface area (Å²) in [5.41, 5.74) is 1.97. The minimum absolute atomic E-state index is 0.636. The van der Waals surface area contributed by atoms with Crippen molar-refractivity contribution in [1.82, 2.24) is 0 Å². The molecule has 0 bridgehead atoms. The van der Waals surface area contributed by atoms with Crippen LogP contribution >= 0.6 is 55.1 Å². The van der Waals surface area contributed by atoms with Gasteiger partial charge in [0, 0.05) is 25.5 Å². The van der Waals surface area contributed by atoms with E-state index in [1.165, 1.54) is 0 Å². The number of halogens is 4. The van der Waals surface area contributed by atoms with Crippen LogP contribution in [0.3, 0.4) is 0 Å². The van der Waals surface area contributed by atoms with Crippen molar-refractivity contribution in [2.45, 2.75) is 6.54 Å². The summed E-state index contributed by atoms with van der Waals surface area (Å²) in [5, 5.41) is 4.74. The van der Waals surface area contributed by atoms with E-state index in [-0.39, 0.29) is 0 Å². The fraction of sp³-hybridized carbons (Fsp3) is 0.0769. The molecule has 18 heavy (non-hydrogen) atoms. The third kappa shape index (κ3) is 3.64. The average molecular weight is 410 g/mol. The summed E-state index contributed by atoms with van der Waals surface area (Å²) >= 11 is 19.0. The maximum atomic E-state index is 6.13. The Bertz CT molecular complexity index is 521. The Kier molecular flexibility index (Phi) is 4.96. The standard InChI is InChI=1S/C13H9Br2Cl2N/c14-9-1-4-12(17)8(5-9)7-18-13-6-10(16)2-3-11(13)15/h1-6,18H,7H2. The Labute approximate surface area is 133 Å². The molecule has 2 aromatic rings. The zero-order chi connectivity index (χ0) is 13.1. The van der Waals surface area contributed by atoms with Gasteiger partial charge < -0.3 is 5.32 Å². The first kappa shape index (κ1) is 14.2. The molecule has 0 saturated carbocycles. The third-order valence-corrected chi connectivity index (χ3v) is 4.19. The molecular weight excluding hydrogens is 401 g/mol. The van der Waals surface area contributed by atoms with Crippen molar-refractivity contribution in [3.05, 3.63) is 61.0 Å². The van der Waals surface area contributed by atoms with Crippen molar-refractivity contribution >= 4 is 60.7 Å². The van der Waals surface area contributed by atoms with Gasteiger partial charge in [0.2, 0.25) is 0 Å². The normalized spacial score (nSPS) is 10.4. The van der Waals surface area contributed by atoms with Crippen LogP contribution in [0, 0.1) is 0 Å². The topological polar surface area (TPSA) is 12.0 Å². The molecule has 0 heterocycles. The first-order valence-electron chi connectivity index (χ1n) is 5.19. The minimum atomic E-state index is 0.636. The predicted molar refractivity (Wildman–Crippen MR) is 85.6 cm³/mol. The molecule has 5 heteroatoms. The number of anilines is 1. The highest BCUT2D eigenvalue weighted by atomic mass is 79.9. The third-order valence-electron chi connectivity index (χ3n) is 2.41. The number of hydrogen-bond acceptors (Lipinski definition) is 1. The van der Waals surface area contributed by atoms with E-state index >= 15 is 0 Å². The predicted octanol–water partition coefficient (Wildman–Crippen LogP) is 6.13. The summed E-state index contributed by atoms with van der Waals surface area (Å²) in [7, 11) is 0. The molecule has 94 valence electrons. The SMILES string of the molecule is Clc1ccc(Br)c(NCc2cc(Br)ccc2Cl)c1. The van der Waals surface area contributed by atoms with E-state index in [0.29, 0.717) is 11.6 Å². The first-order chi connectivity index (χ1) is 8.56. The molecule has 0 unspecified atom stereocenters. The molecule has 0 atom stereocenters. The van der Waals surface area contributed by atoms with Gasteiger partial charge in [-0.3, -0.25) is 0 Å². The fourth-order valence-electron chi connectivity index (χ4n) is 1.50. The van der Waals surface area contributed by atoms with E-state index in [1.807, 2.05) is 36.4 Å². The summed E-state index contributed by atoms with van der Waals surface area (Å²) in [6.07, 6.45) is 0. The molecular formula is C13H9Br2Cl2N. The second kappa shape index (κ2) is 6.29. The van der Waals surface area contributed by atoms with Gasteiger partial charge in [0.05, 0.1) is 5.69 Å². The molecule has 0 amide bonds. The lowest BCUT2D eigenvalue weighted by Crippen LogP contribution is -2.00. The Morgan fingerprint density at radius 2 is 1.78 bits per heavy atom. The van der Waals surface area contributed by atoms with Gasteiger partial charge in [-0.2, -0.15) is 0 Å². The Morgan fingerprint density at radius 1 is 1.00 bits per heavy atom. The fourth-order valence-corrected chi connectivity index (χ4v) is 2.65. The van der Waals surface area contributed by atoms with Crippen molar-refractivity contribution in [3.63, 3.8) is 0 Å². The summed E-state index contributed by atoms with van der Waals surface area (Å²) in [6, 6.07) is 11.4. The number of hydrogen-bond donors (Lipinski definition) is 1. The molecule has 0 spiro atoms. The molecule has 0 fully saturated rings. The zero-order valence-corrected chi connectivity index (χ0v) is 13.9. The number of benzene rings is 2. The van der Waals surface area contributed by atoms with E-state index in [9.17, 15) is 0 Å². The van der Waals surface area contributed by atoms with Gasteiger partial charge in [0.1, 0.15) is 0 Å². The lowest BCUT2D eigenvalue weighted by molar-refractivity contribution is 1.14. The van der Waals surface area contributed by atoms with Crippen molar-refractivity contribution in [3.8, 4) is 0 Å². The van der Waals surface area contributed by atoms with Crippen LogP contribution < -0.4 is 5.32 Å². The molecule has 0 saturated heterocycles. The van der Waals surface area contributed by atoms with Crippen LogP contribution in [0.4, 0.5) is 5.69 Å². The Hall–Kier alpha value is -0.220. The van der Waals surface area contributed by atoms with Crippen LogP contribution in [0.1, 0.15) is 5.56 Å². The highest BCUT2D eigenvalue weighted by Gasteiger charge is 2.04. The molecule has 0 aromatic heterocycles. The van der Waals surface area contributed by atoms with Crippen LogP contribution in [-0.2, 0) is 6.54 Å². The maximum absolute atomic E-state index is 6.13.